The molecule has 1 amide bonds. The quantitative estimate of drug-likeness (QED) is 0.618. The zero-order valence-corrected chi connectivity index (χ0v) is 17.7. The smallest absolute Gasteiger partial charge is 0.262 e. The van der Waals surface area contributed by atoms with Crippen molar-refractivity contribution in [1.29, 1.82) is 0 Å². The summed E-state index contributed by atoms with van der Waals surface area (Å²) >= 11 is 1.61. The molecule has 2 aliphatic rings. The number of thiazole rings is 1. The van der Waals surface area contributed by atoms with E-state index in [1.807, 2.05) is 18.2 Å². The van der Waals surface area contributed by atoms with Crippen LogP contribution in [-0.2, 0) is 11.3 Å². The minimum atomic E-state index is -0.196. The largest absolute Gasteiger partial charge is 0.482 e. The summed E-state index contributed by atoms with van der Waals surface area (Å²) in [5.74, 6) is 0.542. The number of pyridine rings is 1. The third kappa shape index (κ3) is 4.35. The normalized spacial score (nSPS) is 17.0. The molecule has 0 spiro atoms. The Morgan fingerprint density at radius 1 is 1.23 bits per heavy atom. The Labute approximate surface area is 184 Å². The van der Waals surface area contributed by atoms with Crippen LogP contribution in [0.3, 0.4) is 0 Å². The van der Waals surface area contributed by atoms with Crippen LogP contribution in [0.1, 0.15) is 28.9 Å². The maximum absolute atomic E-state index is 13.0. The number of piperidine rings is 1. The van der Waals surface area contributed by atoms with E-state index in [0.29, 0.717) is 17.0 Å². The molecule has 0 aliphatic carbocycles. The summed E-state index contributed by atoms with van der Waals surface area (Å²) in [4.78, 5) is 36.0. The van der Waals surface area contributed by atoms with Gasteiger partial charge in [-0.2, -0.15) is 0 Å². The Balaban J connectivity index is 1.18. The number of benzene rings is 1. The van der Waals surface area contributed by atoms with Gasteiger partial charge in [-0.25, -0.2) is 4.98 Å². The molecule has 2 aromatic heterocycles. The molecular formula is C23H22N4O3S. The second-order valence-electron chi connectivity index (χ2n) is 7.82. The summed E-state index contributed by atoms with van der Waals surface area (Å²) < 4.78 is 5.38. The lowest BCUT2D eigenvalue weighted by atomic mass is 9.88. The standard InChI is InChI=1S/C23H22N4O3S/c28-21-13-30-20-5-4-16(11-19(20)26-21)22(29)15-6-9-27(10-7-15)12-17-14-31-23(25-17)18-3-1-2-8-24-18/h1-5,8,11,14-15H,6-7,9-10,12-13H2,(H,26,28). The lowest BCUT2D eigenvalue weighted by Crippen LogP contribution is -2.36. The van der Waals surface area contributed by atoms with Crippen LogP contribution in [-0.4, -0.2) is 46.3 Å². The first-order chi connectivity index (χ1) is 15.2. The van der Waals surface area contributed by atoms with Crippen molar-refractivity contribution in [2.45, 2.75) is 19.4 Å². The lowest BCUT2D eigenvalue weighted by molar-refractivity contribution is -0.118. The second kappa shape index (κ2) is 8.56. The number of fused-ring (bicyclic) bond motifs is 1. The Morgan fingerprint density at radius 3 is 2.90 bits per heavy atom. The molecule has 1 fully saturated rings. The van der Waals surface area contributed by atoms with E-state index >= 15 is 0 Å². The Kier molecular flexibility index (Phi) is 5.48. The number of ketones is 1. The van der Waals surface area contributed by atoms with E-state index in [2.05, 4.69) is 20.6 Å². The van der Waals surface area contributed by atoms with Crippen molar-refractivity contribution in [3.05, 3.63) is 59.2 Å². The molecule has 1 saturated heterocycles. The van der Waals surface area contributed by atoms with Crippen molar-refractivity contribution >= 4 is 28.7 Å². The van der Waals surface area contributed by atoms with E-state index in [1.165, 1.54) is 0 Å². The molecule has 1 N–H and O–H groups in total. The first-order valence-electron chi connectivity index (χ1n) is 10.3. The zero-order chi connectivity index (χ0) is 21.2. The molecular weight excluding hydrogens is 412 g/mol. The fourth-order valence-corrected chi connectivity index (χ4v) is 4.83. The Bertz CT molecular complexity index is 1110. The van der Waals surface area contributed by atoms with Gasteiger partial charge in [-0.15, -0.1) is 11.3 Å². The van der Waals surface area contributed by atoms with E-state index in [1.54, 1.807) is 35.7 Å². The van der Waals surface area contributed by atoms with Gasteiger partial charge in [0.05, 0.1) is 17.1 Å². The van der Waals surface area contributed by atoms with Gasteiger partial charge in [0.15, 0.2) is 12.4 Å². The topological polar surface area (TPSA) is 84.4 Å². The summed E-state index contributed by atoms with van der Waals surface area (Å²) in [7, 11) is 0. The van der Waals surface area contributed by atoms with Gasteiger partial charge < -0.3 is 10.1 Å². The minimum Gasteiger partial charge on any atom is -0.482 e. The highest BCUT2D eigenvalue weighted by Gasteiger charge is 2.27. The van der Waals surface area contributed by atoms with Crippen LogP contribution in [0.25, 0.3) is 10.7 Å². The van der Waals surface area contributed by atoms with Gasteiger partial charge in [0.2, 0.25) is 0 Å². The zero-order valence-electron chi connectivity index (χ0n) is 16.9. The number of anilines is 1. The van der Waals surface area contributed by atoms with Crippen molar-refractivity contribution in [2.75, 3.05) is 25.0 Å². The number of rotatable bonds is 5. The second-order valence-corrected chi connectivity index (χ2v) is 8.68. The third-order valence-corrected chi connectivity index (χ3v) is 6.59. The Morgan fingerprint density at radius 2 is 2.10 bits per heavy atom. The summed E-state index contributed by atoms with van der Waals surface area (Å²) in [5, 5.41) is 5.79. The van der Waals surface area contributed by atoms with Gasteiger partial charge in [-0.3, -0.25) is 19.5 Å². The molecule has 0 saturated carbocycles. The summed E-state index contributed by atoms with van der Waals surface area (Å²) in [6.07, 6.45) is 3.41. The van der Waals surface area contributed by atoms with Crippen LogP contribution in [0, 0.1) is 5.92 Å². The van der Waals surface area contributed by atoms with Crippen molar-refractivity contribution in [2.24, 2.45) is 5.92 Å². The van der Waals surface area contributed by atoms with Gasteiger partial charge in [0, 0.05) is 29.6 Å². The van der Waals surface area contributed by atoms with Crippen LogP contribution in [0.4, 0.5) is 5.69 Å². The van der Waals surface area contributed by atoms with E-state index in [0.717, 1.165) is 48.9 Å². The number of nitrogens with one attached hydrogen (secondary N) is 1. The number of hydrogen-bond acceptors (Lipinski definition) is 7. The molecule has 0 atom stereocenters. The summed E-state index contributed by atoms with van der Waals surface area (Å²) in [6.45, 7) is 2.52. The van der Waals surface area contributed by atoms with Gasteiger partial charge in [0.25, 0.3) is 5.91 Å². The molecule has 158 valence electrons. The number of hydrogen-bond donors (Lipinski definition) is 1. The van der Waals surface area contributed by atoms with Gasteiger partial charge in [-0.05, 0) is 56.3 Å². The van der Waals surface area contributed by atoms with E-state index in [-0.39, 0.29) is 24.2 Å². The van der Waals surface area contributed by atoms with Crippen LogP contribution in [0.15, 0.2) is 48.0 Å². The first kappa shape index (κ1) is 19.8. The summed E-state index contributed by atoms with van der Waals surface area (Å²) in [6, 6.07) is 11.1. The molecule has 5 rings (SSSR count). The number of ether oxygens (including phenoxy) is 1. The number of Topliss-reactive ketones (excluding diaryl/α,β-unsaturated/α-hetero) is 1. The molecule has 7 nitrogen and oxygen atoms in total. The van der Waals surface area contributed by atoms with Crippen LogP contribution < -0.4 is 10.1 Å². The lowest BCUT2D eigenvalue weighted by Gasteiger charge is -2.31. The molecule has 2 aliphatic heterocycles. The summed E-state index contributed by atoms with van der Waals surface area (Å²) in [5.41, 5.74) is 3.14. The highest BCUT2D eigenvalue weighted by atomic mass is 32.1. The van der Waals surface area contributed by atoms with Crippen LogP contribution in [0.5, 0.6) is 5.75 Å². The predicted octanol–water partition coefficient (Wildman–Crippen LogP) is 3.63. The molecule has 8 heteroatoms. The van der Waals surface area contributed by atoms with E-state index < -0.39 is 0 Å². The number of likely N-dealkylation sites (tertiary alicyclic amines) is 1. The fourth-order valence-electron chi connectivity index (χ4n) is 4.04. The van der Waals surface area contributed by atoms with Crippen molar-refractivity contribution in [3.8, 4) is 16.5 Å². The van der Waals surface area contributed by atoms with E-state index in [9.17, 15) is 9.59 Å². The molecule has 0 radical (unpaired) electrons. The van der Waals surface area contributed by atoms with Gasteiger partial charge >= 0.3 is 0 Å². The maximum atomic E-state index is 13.0. The highest BCUT2D eigenvalue weighted by molar-refractivity contribution is 7.13. The molecule has 0 bridgehead atoms. The molecule has 3 aromatic rings. The monoisotopic (exact) mass is 434 g/mol. The van der Waals surface area contributed by atoms with Gasteiger partial charge in [0.1, 0.15) is 10.8 Å². The number of amides is 1. The first-order valence-corrected chi connectivity index (χ1v) is 11.2. The van der Waals surface area contributed by atoms with Crippen LogP contribution >= 0.6 is 11.3 Å². The molecule has 4 heterocycles. The average Bonchev–Trinajstić information content (AvgIpc) is 3.28. The number of aromatic nitrogens is 2. The maximum Gasteiger partial charge on any atom is 0.262 e. The SMILES string of the molecule is O=C1COc2ccc(C(=O)C3CCN(Cc4csc(-c5ccccn5)n4)CC3)cc2N1. The number of nitrogens with zero attached hydrogens (tertiary/aromatic N) is 3. The molecule has 1 aromatic carbocycles. The Hall–Kier alpha value is -3.10. The van der Waals surface area contributed by atoms with Gasteiger partial charge in [-0.1, -0.05) is 6.07 Å². The fraction of sp³-hybridized carbons (Fsp3) is 0.304. The van der Waals surface area contributed by atoms with Crippen molar-refractivity contribution in [3.63, 3.8) is 0 Å². The average molecular weight is 435 g/mol. The third-order valence-electron chi connectivity index (χ3n) is 5.68. The molecule has 0 unspecified atom stereocenters. The van der Waals surface area contributed by atoms with Crippen LogP contribution in [0.2, 0.25) is 0 Å². The minimum absolute atomic E-state index is 0.00553. The number of carbonyl (C=O) groups excluding carboxylic acids is 2. The van der Waals surface area contributed by atoms with E-state index in [4.69, 9.17) is 9.72 Å². The number of carbonyl (C=O) groups is 2. The van der Waals surface area contributed by atoms with Crippen molar-refractivity contribution < 1.29 is 14.3 Å². The predicted molar refractivity (Wildman–Crippen MR) is 118 cm³/mol. The highest BCUT2D eigenvalue weighted by Crippen LogP contribution is 2.31. The molecule has 31 heavy (non-hydrogen) atoms. The van der Waals surface area contributed by atoms with Crippen molar-refractivity contribution in [1.82, 2.24) is 14.9 Å².